The summed E-state index contributed by atoms with van der Waals surface area (Å²) in [4.78, 5) is 27.5. The van der Waals surface area contributed by atoms with E-state index in [1.54, 1.807) is 26.4 Å². The van der Waals surface area contributed by atoms with Gasteiger partial charge in [0.25, 0.3) is 0 Å². The molecule has 1 aromatic carbocycles. The fourth-order valence-corrected chi connectivity index (χ4v) is 4.52. The number of nitrogens with one attached hydrogen (secondary N) is 2. The van der Waals surface area contributed by atoms with Crippen LogP contribution in [0.4, 0.5) is 4.79 Å². The minimum Gasteiger partial charge on any atom is -0.493 e. The number of esters is 1. The first-order valence-corrected chi connectivity index (χ1v) is 10.2. The van der Waals surface area contributed by atoms with E-state index in [4.69, 9.17) is 14.2 Å². The first-order valence-electron chi connectivity index (χ1n) is 10.2. The van der Waals surface area contributed by atoms with Crippen molar-refractivity contribution in [2.24, 2.45) is 11.8 Å². The summed E-state index contributed by atoms with van der Waals surface area (Å²) in [6.07, 6.45) is 1.18. The van der Waals surface area contributed by atoms with E-state index in [0.29, 0.717) is 46.7 Å². The highest BCUT2D eigenvalue weighted by atomic mass is 16.5. The van der Waals surface area contributed by atoms with Gasteiger partial charge >= 0.3 is 12.0 Å². The van der Waals surface area contributed by atoms with Crippen molar-refractivity contribution in [2.45, 2.75) is 26.3 Å². The summed E-state index contributed by atoms with van der Waals surface area (Å²) in [5, 5.41) is 5.69. The standard InChI is InChI=1S/C22H31N3O5/c1-13-8-14(2)11-25(10-13)12-16-19(21(26)30-5)20(24-22(27)23-16)15-6-7-17(28-3)18(9-15)29-4/h6-7,9,13-14,20H,8,10-12H2,1-5H3,(H2,23,24,27)/t13-,14-,20+/m1/s1. The first kappa shape index (κ1) is 22.0. The number of carbonyl (C=O) groups excluding carboxylic acids is 2. The van der Waals surface area contributed by atoms with Gasteiger partial charge in [0, 0.05) is 25.3 Å². The molecule has 2 aliphatic heterocycles. The summed E-state index contributed by atoms with van der Waals surface area (Å²) in [6, 6.07) is 4.32. The summed E-state index contributed by atoms with van der Waals surface area (Å²) in [5.74, 6) is 1.74. The molecular formula is C22H31N3O5. The zero-order valence-corrected chi connectivity index (χ0v) is 18.3. The Kier molecular flexibility index (Phi) is 6.87. The largest absolute Gasteiger partial charge is 0.493 e. The summed E-state index contributed by atoms with van der Waals surface area (Å²) < 4.78 is 15.8. The Morgan fingerprint density at radius 1 is 1.10 bits per heavy atom. The maximum absolute atomic E-state index is 12.8. The molecule has 0 bridgehead atoms. The maximum Gasteiger partial charge on any atom is 0.338 e. The number of ether oxygens (including phenoxy) is 3. The monoisotopic (exact) mass is 417 g/mol. The SMILES string of the molecule is COC(=O)C1=C(CN2C[C@H](C)C[C@@H](C)C2)NC(=O)N[C@H]1c1ccc(OC)c(OC)c1. The average Bonchev–Trinajstić information content (AvgIpc) is 2.71. The smallest absolute Gasteiger partial charge is 0.338 e. The van der Waals surface area contributed by atoms with Gasteiger partial charge in [0.05, 0.1) is 32.9 Å². The lowest BCUT2D eigenvalue weighted by Crippen LogP contribution is -2.50. The quantitative estimate of drug-likeness (QED) is 0.692. The van der Waals surface area contributed by atoms with Crippen LogP contribution in [0.3, 0.4) is 0 Å². The third kappa shape index (κ3) is 4.70. The zero-order chi connectivity index (χ0) is 21.8. The number of likely N-dealkylation sites (tertiary alicyclic amines) is 1. The van der Waals surface area contributed by atoms with Crippen molar-refractivity contribution in [2.75, 3.05) is 41.0 Å². The van der Waals surface area contributed by atoms with Crippen molar-refractivity contribution in [1.29, 1.82) is 0 Å². The van der Waals surface area contributed by atoms with Crippen LogP contribution < -0.4 is 20.1 Å². The number of nitrogens with zero attached hydrogens (tertiary/aromatic N) is 1. The number of carbonyl (C=O) groups is 2. The predicted molar refractivity (Wildman–Crippen MR) is 112 cm³/mol. The second-order valence-corrected chi connectivity index (χ2v) is 8.17. The fraction of sp³-hybridized carbons (Fsp3) is 0.545. The van der Waals surface area contributed by atoms with E-state index in [0.717, 1.165) is 13.1 Å². The van der Waals surface area contributed by atoms with Crippen molar-refractivity contribution in [1.82, 2.24) is 15.5 Å². The van der Waals surface area contributed by atoms with Crippen LogP contribution in [0, 0.1) is 11.8 Å². The lowest BCUT2D eigenvalue weighted by Gasteiger charge is -2.37. The first-order chi connectivity index (χ1) is 14.4. The molecule has 0 aliphatic carbocycles. The fourth-order valence-electron chi connectivity index (χ4n) is 4.52. The number of amides is 2. The molecule has 3 rings (SSSR count). The highest BCUT2D eigenvalue weighted by Crippen LogP contribution is 2.35. The minimum atomic E-state index is -0.652. The molecule has 8 heteroatoms. The maximum atomic E-state index is 12.8. The number of urea groups is 1. The Bertz CT molecular complexity index is 828. The van der Waals surface area contributed by atoms with Crippen LogP contribution >= 0.6 is 0 Å². The van der Waals surface area contributed by atoms with Crippen LogP contribution in [0.25, 0.3) is 0 Å². The van der Waals surface area contributed by atoms with Crippen molar-refractivity contribution in [3.63, 3.8) is 0 Å². The lowest BCUT2D eigenvalue weighted by molar-refractivity contribution is -0.136. The Balaban J connectivity index is 2.00. The van der Waals surface area contributed by atoms with Crippen LogP contribution in [0.15, 0.2) is 29.5 Å². The Hall–Kier alpha value is -2.74. The molecule has 164 valence electrons. The molecule has 1 fully saturated rings. The Morgan fingerprint density at radius 2 is 1.77 bits per heavy atom. The molecule has 8 nitrogen and oxygen atoms in total. The molecule has 2 amide bonds. The van der Waals surface area contributed by atoms with Gasteiger partial charge in [-0.05, 0) is 36.0 Å². The molecule has 1 saturated heterocycles. The number of hydrogen-bond donors (Lipinski definition) is 2. The van der Waals surface area contributed by atoms with Gasteiger partial charge in [-0.25, -0.2) is 9.59 Å². The van der Waals surface area contributed by atoms with E-state index in [9.17, 15) is 9.59 Å². The number of hydrogen-bond acceptors (Lipinski definition) is 6. The summed E-state index contributed by atoms with van der Waals surface area (Å²) in [6.45, 7) is 6.78. The topological polar surface area (TPSA) is 89.1 Å². The van der Waals surface area contributed by atoms with E-state index in [2.05, 4.69) is 29.4 Å². The van der Waals surface area contributed by atoms with Gasteiger partial charge < -0.3 is 24.8 Å². The van der Waals surface area contributed by atoms with Crippen LogP contribution in [-0.4, -0.2) is 57.9 Å². The third-order valence-electron chi connectivity index (χ3n) is 5.63. The van der Waals surface area contributed by atoms with Crippen molar-refractivity contribution >= 4 is 12.0 Å². The highest BCUT2D eigenvalue weighted by Gasteiger charge is 2.35. The van der Waals surface area contributed by atoms with Crippen molar-refractivity contribution in [3.8, 4) is 11.5 Å². The molecule has 2 N–H and O–H groups in total. The van der Waals surface area contributed by atoms with Crippen LogP contribution in [0.5, 0.6) is 11.5 Å². The molecule has 30 heavy (non-hydrogen) atoms. The molecule has 0 aromatic heterocycles. The van der Waals surface area contributed by atoms with Crippen LogP contribution in [0.2, 0.25) is 0 Å². The van der Waals surface area contributed by atoms with Gasteiger partial charge in [0.15, 0.2) is 11.5 Å². The molecule has 0 spiro atoms. The minimum absolute atomic E-state index is 0.351. The molecule has 0 radical (unpaired) electrons. The predicted octanol–water partition coefficient (Wildman–Crippen LogP) is 2.46. The molecule has 3 atom stereocenters. The molecule has 2 aliphatic rings. The van der Waals surface area contributed by atoms with E-state index in [1.165, 1.54) is 13.5 Å². The summed E-state index contributed by atoms with van der Waals surface area (Å²) in [5.41, 5.74) is 1.68. The second kappa shape index (κ2) is 9.38. The number of rotatable bonds is 6. The highest BCUT2D eigenvalue weighted by molar-refractivity contribution is 5.95. The van der Waals surface area contributed by atoms with E-state index in [-0.39, 0.29) is 6.03 Å². The average molecular weight is 418 g/mol. The molecule has 0 unspecified atom stereocenters. The van der Waals surface area contributed by atoms with E-state index < -0.39 is 12.0 Å². The summed E-state index contributed by atoms with van der Waals surface area (Å²) in [7, 11) is 4.45. The van der Waals surface area contributed by atoms with Crippen LogP contribution in [0.1, 0.15) is 31.9 Å². The third-order valence-corrected chi connectivity index (χ3v) is 5.63. The zero-order valence-electron chi connectivity index (χ0n) is 18.3. The van der Waals surface area contributed by atoms with E-state index in [1.807, 2.05) is 6.07 Å². The number of piperidine rings is 1. The molecule has 2 heterocycles. The van der Waals surface area contributed by atoms with E-state index >= 15 is 0 Å². The van der Waals surface area contributed by atoms with Crippen molar-refractivity contribution in [3.05, 3.63) is 35.0 Å². The van der Waals surface area contributed by atoms with Crippen LogP contribution in [-0.2, 0) is 9.53 Å². The lowest BCUT2D eigenvalue weighted by atomic mass is 9.91. The van der Waals surface area contributed by atoms with Gasteiger partial charge in [0.1, 0.15) is 0 Å². The van der Waals surface area contributed by atoms with Gasteiger partial charge in [-0.1, -0.05) is 19.9 Å². The molecule has 1 aromatic rings. The van der Waals surface area contributed by atoms with Gasteiger partial charge in [0.2, 0.25) is 0 Å². The van der Waals surface area contributed by atoms with Gasteiger partial charge in [-0.15, -0.1) is 0 Å². The molecule has 0 saturated carbocycles. The van der Waals surface area contributed by atoms with Crippen molar-refractivity contribution < 1.29 is 23.8 Å². The number of methoxy groups -OCH3 is 3. The summed E-state index contributed by atoms with van der Waals surface area (Å²) >= 11 is 0. The normalized spacial score (nSPS) is 24.7. The van der Waals surface area contributed by atoms with Gasteiger partial charge in [-0.3, -0.25) is 4.90 Å². The Morgan fingerprint density at radius 3 is 2.37 bits per heavy atom. The molecular weight excluding hydrogens is 386 g/mol. The van der Waals surface area contributed by atoms with Gasteiger partial charge in [-0.2, -0.15) is 0 Å². The number of benzene rings is 1. The second-order valence-electron chi connectivity index (χ2n) is 8.17. The Labute approximate surface area is 177 Å².